The molecule has 1 heterocycles. The van der Waals surface area contributed by atoms with E-state index in [9.17, 15) is 4.79 Å². The SMILES string of the molecule is COC(=O)c1ccc(O[C@H]2c3ccccc3CC[C@@H]2N2CCC[C@@H](N)C2)c(Cl)c1. The minimum atomic E-state index is -0.415. The second-order valence-electron chi connectivity index (χ2n) is 7.88. The minimum absolute atomic E-state index is 0.133. The maximum Gasteiger partial charge on any atom is 0.337 e. The molecule has 6 heteroatoms. The summed E-state index contributed by atoms with van der Waals surface area (Å²) in [5.74, 6) is 0.161. The lowest BCUT2D eigenvalue weighted by atomic mass is 9.84. The summed E-state index contributed by atoms with van der Waals surface area (Å²) >= 11 is 6.47. The number of aryl methyl sites for hydroxylation is 1. The van der Waals surface area contributed by atoms with Gasteiger partial charge in [-0.2, -0.15) is 0 Å². The van der Waals surface area contributed by atoms with E-state index in [0.29, 0.717) is 16.3 Å². The van der Waals surface area contributed by atoms with E-state index in [1.165, 1.54) is 18.2 Å². The Kier molecular flexibility index (Phi) is 6.09. The Hall–Kier alpha value is -2.08. The second kappa shape index (κ2) is 8.74. The molecule has 2 aliphatic rings. The molecular weight excluding hydrogens is 388 g/mol. The van der Waals surface area contributed by atoms with Gasteiger partial charge in [-0.05, 0) is 61.6 Å². The lowest BCUT2D eigenvalue weighted by Gasteiger charge is -2.43. The Morgan fingerprint density at radius 2 is 2.03 bits per heavy atom. The van der Waals surface area contributed by atoms with Crippen molar-refractivity contribution in [1.82, 2.24) is 4.90 Å². The van der Waals surface area contributed by atoms with E-state index in [0.717, 1.165) is 38.8 Å². The van der Waals surface area contributed by atoms with Crippen LogP contribution >= 0.6 is 11.6 Å². The van der Waals surface area contributed by atoms with E-state index >= 15 is 0 Å². The first-order valence-corrected chi connectivity index (χ1v) is 10.6. The fraction of sp³-hybridized carbons (Fsp3) is 0.435. The monoisotopic (exact) mass is 414 g/mol. The van der Waals surface area contributed by atoms with Gasteiger partial charge in [0.25, 0.3) is 0 Å². The van der Waals surface area contributed by atoms with Crippen molar-refractivity contribution >= 4 is 17.6 Å². The average Bonchev–Trinajstić information content (AvgIpc) is 2.74. The highest BCUT2D eigenvalue weighted by molar-refractivity contribution is 6.32. The minimum Gasteiger partial charge on any atom is -0.483 e. The Labute approximate surface area is 176 Å². The van der Waals surface area contributed by atoms with Gasteiger partial charge in [0.05, 0.1) is 23.7 Å². The number of piperidine rings is 1. The molecule has 2 N–H and O–H groups in total. The average molecular weight is 415 g/mol. The Morgan fingerprint density at radius 1 is 1.21 bits per heavy atom. The molecule has 0 amide bonds. The summed E-state index contributed by atoms with van der Waals surface area (Å²) in [6.45, 7) is 1.93. The van der Waals surface area contributed by atoms with Gasteiger partial charge in [0.1, 0.15) is 11.9 Å². The Morgan fingerprint density at radius 3 is 2.79 bits per heavy atom. The quantitative estimate of drug-likeness (QED) is 0.766. The predicted molar refractivity (Wildman–Crippen MR) is 113 cm³/mol. The number of halogens is 1. The van der Waals surface area contributed by atoms with Crippen LogP contribution in [0, 0.1) is 0 Å². The molecule has 1 fully saturated rings. The van der Waals surface area contributed by atoms with Crippen molar-refractivity contribution in [3.8, 4) is 5.75 Å². The molecule has 1 aliphatic carbocycles. The van der Waals surface area contributed by atoms with Gasteiger partial charge < -0.3 is 15.2 Å². The second-order valence-corrected chi connectivity index (χ2v) is 8.28. The number of ether oxygens (including phenoxy) is 2. The Bertz CT molecular complexity index is 888. The lowest BCUT2D eigenvalue weighted by molar-refractivity contribution is 0.0367. The van der Waals surface area contributed by atoms with E-state index in [2.05, 4.69) is 29.2 Å². The first kappa shape index (κ1) is 20.2. The zero-order valence-electron chi connectivity index (χ0n) is 16.6. The van der Waals surface area contributed by atoms with Crippen molar-refractivity contribution in [2.24, 2.45) is 5.73 Å². The summed E-state index contributed by atoms with van der Waals surface area (Å²) in [5.41, 5.74) is 9.19. The number of benzene rings is 2. The maximum atomic E-state index is 11.8. The number of nitrogens with zero attached hydrogens (tertiary/aromatic N) is 1. The molecule has 2 aromatic rings. The molecule has 0 radical (unpaired) electrons. The summed E-state index contributed by atoms with van der Waals surface area (Å²) in [4.78, 5) is 14.3. The predicted octanol–water partition coefficient (Wildman–Crippen LogP) is 3.98. The van der Waals surface area contributed by atoms with Crippen LogP contribution in [0.15, 0.2) is 42.5 Å². The first-order chi connectivity index (χ1) is 14.1. The molecule has 154 valence electrons. The topological polar surface area (TPSA) is 64.8 Å². The van der Waals surface area contributed by atoms with Crippen LogP contribution in [0.2, 0.25) is 5.02 Å². The first-order valence-electron chi connectivity index (χ1n) is 10.2. The van der Waals surface area contributed by atoms with Crippen molar-refractivity contribution in [3.63, 3.8) is 0 Å². The zero-order valence-corrected chi connectivity index (χ0v) is 17.4. The number of carbonyl (C=O) groups is 1. The highest BCUT2D eigenvalue weighted by atomic mass is 35.5. The lowest BCUT2D eigenvalue weighted by Crippen LogP contribution is -2.51. The fourth-order valence-electron chi connectivity index (χ4n) is 4.54. The van der Waals surface area contributed by atoms with E-state index < -0.39 is 5.97 Å². The smallest absolute Gasteiger partial charge is 0.337 e. The molecule has 29 heavy (non-hydrogen) atoms. The molecule has 3 atom stereocenters. The maximum absolute atomic E-state index is 11.8. The molecule has 1 saturated heterocycles. The molecular formula is C23H27ClN2O3. The van der Waals surface area contributed by atoms with Crippen LogP contribution in [0.1, 0.15) is 46.9 Å². The van der Waals surface area contributed by atoms with E-state index in [4.69, 9.17) is 26.8 Å². The van der Waals surface area contributed by atoms with Gasteiger partial charge in [-0.15, -0.1) is 0 Å². The van der Waals surface area contributed by atoms with Crippen molar-refractivity contribution in [2.75, 3.05) is 20.2 Å². The van der Waals surface area contributed by atoms with Crippen LogP contribution in [0.3, 0.4) is 0 Å². The van der Waals surface area contributed by atoms with Crippen LogP contribution in [0.5, 0.6) is 5.75 Å². The normalized spacial score (nSPS) is 24.6. The number of hydrogen-bond donors (Lipinski definition) is 1. The van der Waals surface area contributed by atoms with Crippen LogP contribution in [-0.4, -0.2) is 43.2 Å². The van der Waals surface area contributed by atoms with Crippen LogP contribution in [0.4, 0.5) is 0 Å². The molecule has 5 nitrogen and oxygen atoms in total. The van der Waals surface area contributed by atoms with Gasteiger partial charge in [-0.25, -0.2) is 4.79 Å². The summed E-state index contributed by atoms with van der Waals surface area (Å²) in [5, 5.41) is 0.407. The van der Waals surface area contributed by atoms with Crippen molar-refractivity contribution < 1.29 is 14.3 Å². The highest BCUT2D eigenvalue weighted by Crippen LogP contribution is 2.39. The van der Waals surface area contributed by atoms with E-state index in [1.807, 2.05) is 0 Å². The molecule has 4 rings (SSSR count). The van der Waals surface area contributed by atoms with E-state index in [-0.39, 0.29) is 18.2 Å². The third kappa shape index (κ3) is 4.27. The highest BCUT2D eigenvalue weighted by Gasteiger charge is 2.37. The van der Waals surface area contributed by atoms with Gasteiger partial charge >= 0.3 is 5.97 Å². The molecule has 0 unspecified atom stereocenters. The standard InChI is InChI=1S/C23H27ClN2O3/c1-28-23(27)16-9-11-21(19(24)13-16)29-22-18-7-3-2-5-15(18)8-10-20(22)26-12-4-6-17(25)14-26/h2-3,5,7,9,11,13,17,20,22H,4,6,8,10,12,14,25H2,1H3/t17-,20+,22+/m1/s1. The third-order valence-corrected chi connectivity index (χ3v) is 6.28. The van der Waals surface area contributed by atoms with Gasteiger partial charge in [0.2, 0.25) is 0 Å². The third-order valence-electron chi connectivity index (χ3n) is 5.99. The number of hydrogen-bond acceptors (Lipinski definition) is 5. The molecule has 0 bridgehead atoms. The number of methoxy groups -OCH3 is 1. The van der Waals surface area contributed by atoms with Gasteiger partial charge in [-0.3, -0.25) is 4.90 Å². The zero-order chi connectivity index (χ0) is 20.4. The Balaban J connectivity index is 1.65. The number of esters is 1. The van der Waals surface area contributed by atoms with Gasteiger partial charge in [0, 0.05) is 12.6 Å². The van der Waals surface area contributed by atoms with E-state index in [1.54, 1.807) is 18.2 Å². The largest absolute Gasteiger partial charge is 0.483 e. The number of nitrogens with two attached hydrogens (primary N) is 1. The van der Waals surface area contributed by atoms with Crippen LogP contribution in [0.25, 0.3) is 0 Å². The number of fused-ring (bicyclic) bond motifs is 1. The van der Waals surface area contributed by atoms with Crippen molar-refractivity contribution in [2.45, 2.75) is 43.9 Å². The molecule has 0 spiro atoms. The summed E-state index contributed by atoms with van der Waals surface area (Å²) in [6.07, 6.45) is 4.10. The summed E-state index contributed by atoms with van der Waals surface area (Å²) in [7, 11) is 1.35. The number of rotatable bonds is 4. The summed E-state index contributed by atoms with van der Waals surface area (Å²) in [6, 6.07) is 13.9. The number of carbonyl (C=O) groups excluding carboxylic acids is 1. The van der Waals surface area contributed by atoms with Crippen molar-refractivity contribution in [3.05, 3.63) is 64.2 Å². The van der Waals surface area contributed by atoms with Crippen LogP contribution < -0.4 is 10.5 Å². The van der Waals surface area contributed by atoms with Crippen molar-refractivity contribution in [1.29, 1.82) is 0 Å². The van der Waals surface area contributed by atoms with Gasteiger partial charge in [-0.1, -0.05) is 35.9 Å². The summed E-state index contributed by atoms with van der Waals surface area (Å²) < 4.78 is 11.3. The molecule has 2 aromatic carbocycles. The molecule has 0 saturated carbocycles. The van der Waals surface area contributed by atoms with Gasteiger partial charge in [0.15, 0.2) is 0 Å². The number of likely N-dealkylation sites (tertiary alicyclic amines) is 1. The van der Waals surface area contributed by atoms with Crippen LogP contribution in [-0.2, 0) is 11.2 Å². The fourth-order valence-corrected chi connectivity index (χ4v) is 4.76. The molecule has 1 aliphatic heterocycles. The molecule has 0 aromatic heterocycles.